The number of aryl methyl sites for hydroxylation is 1. The van der Waals surface area contributed by atoms with Gasteiger partial charge in [0.05, 0.1) is 11.4 Å². The Morgan fingerprint density at radius 3 is 3.07 bits per heavy atom. The lowest BCUT2D eigenvalue weighted by Crippen LogP contribution is -2.02. The van der Waals surface area contributed by atoms with E-state index < -0.39 is 0 Å². The molecule has 0 saturated heterocycles. The van der Waals surface area contributed by atoms with Gasteiger partial charge < -0.3 is 4.74 Å². The summed E-state index contributed by atoms with van der Waals surface area (Å²) in [5.74, 6) is -0.269. The topological polar surface area (TPSA) is 43.6 Å². The molecule has 0 aliphatic heterocycles. The number of hydrogen-bond acceptors (Lipinski definition) is 4. The lowest BCUT2D eigenvalue weighted by Gasteiger charge is -2.01. The first-order valence-electron chi connectivity index (χ1n) is 4.23. The molecule has 0 atom stereocenters. The predicted octanol–water partition coefficient (Wildman–Crippen LogP) is 2.35. The van der Waals surface area contributed by atoms with E-state index in [2.05, 4.69) is 4.98 Å². The molecule has 0 radical (unpaired) electrons. The molecular formula is C9H11BrN2O2S. The van der Waals surface area contributed by atoms with Gasteiger partial charge in [-0.1, -0.05) is 0 Å². The number of halogens is 1. The Bertz CT molecular complexity index is 477. The van der Waals surface area contributed by atoms with E-state index in [-0.39, 0.29) is 23.0 Å². The molecule has 15 heavy (non-hydrogen) atoms. The highest BCUT2D eigenvalue weighted by atomic mass is 79.9. The standard InChI is InChI=1S/C9H10N2O2S.BrH/c1-6-8(5-13-7(2)12)11-3-4-14-9(11)10-6;/h3-4H,5H2,1-2H3;1H. The molecule has 0 aromatic carbocycles. The molecule has 0 unspecified atom stereocenters. The van der Waals surface area contributed by atoms with Crippen molar-refractivity contribution in [3.8, 4) is 0 Å². The van der Waals surface area contributed by atoms with Crippen molar-refractivity contribution in [1.82, 2.24) is 9.38 Å². The zero-order chi connectivity index (χ0) is 10.1. The van der Waals surface area contributed by atoms with Crippen LogP contribution in [-0.2, 0) is 16.1 Å². The van der Waals surface area contributed by atoms with Crippen molar-refractivity contribution >= 4 is 39.2 Å². The van der Waals surface area contributed by atoms with Crippen molar-refractivity contribution in [2.75, 3.05) is 0 Å². The second-order valence-corrected chi connectivity index (χ2v) is 3.85. The van der Waals surface area contributed by atoms with Gasteiger partial charge in [0.15, 0.2) is 4.96 Å². The minimum absolute atomic E-state index is 0. The Labute approximate surface area is 102 Å². The molecule has 6 heteroatoms. The molecule has 4 nitrogen and oxygen atoms in total. The molecule has 0 N–H and O–H groups in total. The monoisotopic (exact) mass is 290 g/mol. The number of imidazole rings is 1. The largest absolute Gasteiger partial charge is 0.459 e. The second-order valence-electron chi connectivity index (χ2n) is 2.98. The average molecular weight is 291 g/mol. The maximum atomic E-state index is 10.7. The van der Waals surface area contributed by atoms with Gasteiger partial charge in [-0.3, -0.25) is 9.20 Å². The molecule has 2 aromatic heterocycles. The Morgan fingerprint density at radius 1 is 1.67 bits per heavy atom. The maximum absolute atomic E-state index is 10.7. The summed E-state index contributed by atoms with van der Waals surface area (Å²) in [6.07, 6.45) is 1.93. The first-order chi connectivity index (χ1) is 6.68. The van der Waals surface area contributed by atoms with Crippen LogP contribution >= 0.6 is 28.3 Å². The molecule has 0 bridgehead atoms. The molecule has 0 aliphatic rings. The van der Waals surface area contributed by atoms with Crippen LogP contribution in [0.2, 0.25) is 0 Å². The number of fused-ring (bicyclic) bond motifs is 1. The number of ether oxygens (including phenoxy) is 1. The van der Waals surface area contributed by atoms with Crippen LogP contribution in [0, 0.1) is 6.92 Å². The Morgan fingerprint density at radius 2 is 2.40 bits per heavy atom. The summed E-state index contributed by atoms with van der Waals surface area (Å²) in [4.78, 5) is 16.0. The fraction of sp³-hybridized carbons (Fsp3) is 0.333. The Hall–Kier alpha value is -0.880. The lowest BCUT2D eigenvalue weighted by atomic mass is 10.3. The van der Waals surface area contributed by atoms with Crippen molar-refractivity contribution in [2.24, 2.45) is 0 Å². The van der Waals surface area contributed by atoms with Crippen LogP contribution in [0.15, 0.2) is 11.6 Å². The lowest BCUT2D eigenvalue weighted by molar-refractivity contribution is -0.142. The molecule has 0 fully saturated rings. The zero-order valence-corrected chi connectivity index (χ0v) is 10.9. The van der Waals surface area contributed by atoms with E-state index in [9.17, 15) is 4.79 Å². The normalized spacial score (nSPS) is 10.0. The highest BCUT2D eigenvalue weighted by molar-refractivity contribution is 8.93. The fourth-order valence-corrected chi connectivity index (χ4v) is 2.06. The fourth-order valence-electron chi connectivity index (χ4n) is 1.28. The summed E-state index contributed by atoms with van der Waals surface area (Å²) in [5.41, 5.74) is 1.86. The highest BCUT2D eigenvalue weighted by Crippen LogP contribution is 2.17. The molecule has 82 valence electrons. The SMILES string of the molecule is Br.CC(=O)OCc1c(C)nc2sccn12. The highest BCUT2D eigenvalue weighted by Gasteiger charge is 2.10. The summed E-state index contributed by atoms with van der Waals surface area (Å²) in [6, 6.07) is 0. The molecule has 0 aliphatic carbocycles. The van der Waals surface area contributed by atoms with Gasteiger partial charge in [-0.05, 0) is 6.92 Å². The van der Waals surface area contributed by atoms with E-state index >= 15 is 0 Å². The maximum Gasteiger partial charge on any atom is 0.303 e. The zero-order valence-electron chi connectivity index (χ0n) is 8.39. The van der Waals surface area contributed by atoms with Gasteiger partial charge >= 0.3 is 5.97 Å². The summed E-state index contributed by atoms with van der Waals surface area (Å²) in [6.45, 7) is 3.61. The van der Waals surface area contributed by atoms with E-state index in [0.29, 0.717) is 6.61 Å². The third kappa shape index (κ3) is 2.38. The van der Waals surface area contributed by atoms with Gasteiger partial charge in [-0.25, -0.2) is 4.98 Å². The first-order valence-corrected chi connectivity index (χ1v) is 5.11. The van der Waals surface area contributed by atoms with Gasteiger partial charge in [0.25, 0.3) is 0 Å². The van der Waals surface area contributed by atoms with Crippen LogP contribution in [0.4, 0.5) is 0 Å². The van der Waals surface area contributed by atoms with Gasteiger partial charge in [0.1, 0.15) is 6.61 Å². The van der Waals surface area contributed by atoms with Crippen LogP contribution < -0.4 is 0 Å². The minimum Gasteiger partial charge on any atom is -0.459 e. The van der Waals surface area contributed by atoms with Gasteiger partial charge in [0.2, 0.25) is 0 Å². The number of carbonyl (C=O) groups excluding carboxylic acids is 1. The number of esters is 1. The van der Waals surface area contributed by atoms with E-state index in [4.69, 9.17) is 4.74 Å². The van der Waals surface area contributed by atoms with Crippen molar-refractivity contribution < 1.29 is 9.53 Å². The molecule has 2 aromatic rings. The number of rotatable bonds is 2. The van der Waals surface area contributed by atoms with Crippen molar-refractivity contribution in [1.29, 1.82) is 0 Å². The van der Waals surface area contributed by atoms with E-state index in [1.165, 1.54) is 6.92 Å². The van der Waals surface area contributed by atoms with Crippen LogP contribution in [0.1, 0.15) is 18.3 Å². The minimum atomic E-state index is -0.269. The summed E-state index contributed by atoms with van der Waals surface area (Å²) >= 11 is 1.57. The van der Waals surface area contributed by atoms with Gasteiger partial charge in [-0.15, -0.1) is 28.3 Å². The average Bonchev–Trinajstić information content (AvgIpc) is 2.61. The second kappa shape index (κ2) is 4.76. The number of carbonyl (C=O) groups is 1. The Balaban J connectivity index is 0.00000112. The van der Waals surface area contributed by atoms with Crippen LogP contribution in [0.25, 0.3) is 4.96 Å². The van der Waals surface area contributed by atoms with Gasteiger partial charge in [0, 0.05) is 18.5 Å². The first kappa shape index (κ1) is 12.2. The molecule has 0 saturated carbocycles. The summed E-state index contributed by atoms with van der Waals surface area (Å²) in [7, 11) is 0. The number of hydrogen-bond donors (Lipinski definition) is 0. The molecule has 0 amide bonds. The van der Waals surface area contributed by atoms with Crippen molar-refractivity contribution in [3.63, 3.8) is 0 Å². The molecule has 0 spiro atoms. The van der Waals surface area contributed by atoms with Crippen LogP contribution in [0.5, 0.6) is 0 Å². The van der Waals surface area contributed by atoms with E-state index in [1.54, 1.807) is 11.3 Å². The summed E-state index contributed by atoms with van der Waals surface area (Å²) in [5, 5.41) is 1.96. The van der Waals surface area contributed by atoms with Crippen LogP contribution in [0.3, 0.4) is 0 Å². The number of nitrogens with zero attached hydrogens (tertiary/aromatic N) is 2. The molecule has 2 heterocycles. The Kier molecular flexibility index (Phi) is 3.87. The van der Waals surface area contributed by atoms with E-state index in [1.807, 2.05) is 22.9 Å². The predicted molar refractivity (Wildman–Crippen MR) is 63.6 cm³/mol. The number of thiazole rings is 1. The molecular weight excluding hydrogens is 280 g/mol. The third-order valence-corrected chi connectivity index (χ3v) is 2.73. The number of aromatic nitrogens is 2. The van der Waals surface area contributed by atoms with Crippen molar-refractivity contribution in [2.45, 2.75) is 20.5 Å². The third-order valence-electron chi connectivity index (χ3n) is 1.97. The van der Waals surface area contributed by atoms with Crippen LogP contribution in [-0.4, -0.2) is 15.4 Å². The quantitative estimate of drug-likeness (QED) is 0.798. The van der Waals surface area contributed by atoms with Gasteiger partial charge in [-0.2, -0.15) is 0 Å². The molecule has 2 rings (SSSR count). The summed E-state index contributed by atoms with van der Waals surface area (Å²) < 4.78 is 6.90. The smallest absolute Gasteiger partial charge is 0.303 e. The van der Waals surface area contributed by atoms with Crippen molar-refractivity contribution in [3.05, 3.63) is 23.0 Å². The van der Waals surface area contributed by atoms with E-state index in [0.717, 1.165) is 16.3 Å².